The van der Waals surface area contributed by atoms with E-state index in [9.17, 15) is 24.6 Å². The molecule has 478 valence electrons. The minimum atomic E-state index is -0.0179. The van der Waals surface area contributed by atoms with Gasteiger partial charge < -0.3 is 40.9 Å². The number of amides is 3. The van der Waals surface area contributed by atoms with Crippen molar-refractivity contribution < 1.29 is 24.6 Å². The van der Waals surface area contributed by atoms with Gasteiger partial charge in [-0.05, 0) is 249 Å². The Morgan fingerprint density at radius 2 is 0.955 bits per heavy atom. The molecular weight excluding hydrogens is 1100 g/mol. The summed E-state index contributed by atoms with van der Waals surface area (Å²) in [7, 11) is 0. The molecular formula is C77H105N7O5. The maximum Gasteiger partial charge on any atom is 0.272 e. The Kier molecular flexibility index (Phi) is 24.2. The molecule has 0 radical (unpaired) electrons. The van der Waals surface area contributed by atoms with Crippen LogP contribution >= 0.6 is 0 Å². The average Bonchev–Trinajstić information content (AvgIpc) is 0.840. The zero-order valence-corrected chi connectivity index (χ0v) is 52.0. The van der Waals surface area contributed by atoms with Crippen LogP contribution in [0.4, 0.5) is 0 Å². The zero-order chi connectivity index (χ0) is 60.4. The number of benzene rings is 5. The van der Waals surface area contributed by atoms with Crippen molar-refractivity contribution >= 4 is 23.3 Å². The lowest BCUT2D eigenvalue weighted by atomic mass is 9.61. The monoisotopic (exact) mass is 1210 g/mol. The number of piperidine rings is 3. The highest BCUT2D eigenvalue weighted by atomic mass is 16.3. The fourth-order valence-electron chi connectivity index (χ4n) is 15.2. The minimum absolute atomic E-state index is 0. The molecule has 3 aliphatic carbocycles. The van der Waals surface area contributed by atoms with E-state index in [0.29, 0.717) is 78.6 Å². The average molecular weight is 1210 g/mol. The zero-order valence-electron chi connectivity index (χ0n) is 52.0. The fourth-order valence-corrected chi connectivity index (χ4v) is 15.2. The highest BCUT2D eigenvalue weighted by Crippen LogP contribution is 2.53. The first-order chi connectivity index (χ1) is 41.8. The number of aromatic hydroxyl groups is 2. The van der Waals surface area contributed by atoms with Crippen LogP contribution < -0.4 is 16.0 Å². The number of carbonyl (C=O) groups is 3. The number of pyridine rings is 1. The van der Waals surface area contributed by atoms with Crippen molar-refractivity contribution in [3.63, 3.8) is 0 Å². The molecule has 12 rings (SSSR count). The van der Waals surface area contributed by atoms with Gasteiger partial charge in [-0.15, -0.1) is 0 Å². The maximum atomic E-state index is 12.7. The highest BCUT2D eigenvalue weighted by molar-refractivity contribution is 5.96. The summed E-state index contributed by atoms with van der Waals surface area (Å²) in [4.78, 5) is 48.0. The van der Waals surface area contributed by atoms with Crippen molar-refractivity contribution in [3.8, 4) is 11.5 Å². The van der Waals surface area contributed by atoms with Crippen LogP contribution in [-0.2, 0) is 19.3 Å². The molecule has 5 N–H and O–H groups in total. The van der Waals surface area contributed by atoms with Gasteiger partial charge in [-0.25, -0.2) is 0 Å². The number of nitrogens with one attached hydrogen (secondary N) is 3. The van der Waals surface area contributed by atoms with E-state index in [1.807, 2.05) is 106 Å². The molecule has 1 aromatic heterocycles. The predicted molar refractivity (Wildman–Crippen MR) is 366 cm³/mol. The molecule has 0 bridgehead atoms. The van der Waals surface area contributed by atoms with Gasteiger partial charge in [0.15, 0.2) is 0 Å². The molecule has 89 heavy (non-hydrogen) atoms. The van der Waals surface area contributed by atoms with Gasteiger partial charge in [-0.1, -0.05) is 113 Å². The number of hydrogen-bond acceptors (Lipinski definition) is 9. The van der Waals surface area contributed by atoms with Crippen molar-refractivity contribution in [2.24, 2.45) is 16.2 Å². The first-order valence-corrected chi connectivity index (χ1v) is 32.4. The second-order valence-electron chi connectivity index (χ2n) is 25.2. The van der Waals surface area contributed by atoms with Crippen LogP contribution in [0.1, 0.15) is 208 Å². The van der Waals surface area contributed by atoms with Gasteiger partial charge in [0, 0.05) is 79.6 Å². The van der Waals surface area contributed by atoms with Crippen molar-refractivity contribution in [1.29, 1.82) is 0 Å². The standard InChI is InChI=1S/C25H30N2O2.C25H32N2O2.C24H31N3O.3CH4/c1-3-27(4-2)24(29)19-10-8-18(9-11-19)21-17-25(12-14-26-15-13-25)16-20-6-5-7-22(28)23(20)21;1-3-27(4-2)24(29)18-9-10-21(23(28)15-18)22-17-25(11-13-26-14-12-25)16-19-7-5-6-8-20(19)22;1-3-27(4-2)23(28)22-10-9-19(17-26-22)21-16-24(11-13-25-14-12-24)15-18-7-5-6-8-20(18)21;;;/h5-11,17,26,28H,3-4,12-16H2,1-2H3;5-10,15,22,26,28H,3-4,11-14,16-17H2,1-2H3;5-10,17,21,25H,3-4,11-16H2,1-2H3;3*1H4. The van der Waals surface area contributed by atoms with Crippen molar-refractivity contribution in [3.05, 3.63) is 200 Å². The van der Waals surface area contributed by atoms with Gasteiger partial charge in [0.25, 0.3) is 17.7 Å². The van der Waals surface area contributed by atoms with E-state index in [0.717, 1.165) is 93.6 Å². The Labute approximate surface area is 534 Å². The predicted octanol–water partition coefficient (Wildman–Crippen LogP) is 14.5. The molecule has 2 atom stereocenters. The largest absolute Gasteiger partial charge is 0.508 e. The number of phenols is 2. The summed E-state index contributed by atoms with van der Waals surface area (Å²) in [6.07, 6.45) is 16.9. The Hall–Kier alpha value is -7.12. The Bertz CT molecular complexity index is 3330. The van der Waals surface area contributed by atoms with E-state index in [4.69, 9.17) is 0 Å². The lowest BCUT2D eigenvalue weighted by molar-refractivity contribution is 0.0761. The van der Waals surface area contributed by atoms with Crippen LogP contribution in [0, 0.1) is 16.2 Å². The maximum absolute atomic E-state index is 12.7. The molecule has 4 heterocycles. The van der Waals surface area contributed by atoms with E-state index >= 15 is 0 Å². The van der Waals surface area contributed by atoms with Crippen LogP contribution in [-0.4, -0.2) is 126 Å². The molecule has 2 unspecified atom stereocenters. The molecule has 6 aliphatic rings. The summed E-state index contributed by atoms with van der Waals surface area (Å²) < 4.78 is 0. The molecule has 12 heteroatoms. The van der Waals surface area contributed by atoms with E-state index < -0.39 is 0 Å². The second kappa shape index (κ2) is 31.1. The third kappa shape index (κ3) is 15.2. The molecule has 3 fully saturated rings. The van der Waals surface area contributed by atoms with Gasteiger partial charge in [0.05, 0.1) is 0 Å². The summed E-state index contributed by atoms with van der Waals surface area (Å²) in [6, 6.07) is 40.9. The van der Waals surface area contributed by atoms with Crippen LogP contribution in [0.3, 0.4) is 0 Å². The second-order valence-corrected chi connectivity index (χ2v) is 25.2. The van der Waals surface area contributed by atoms with Crippen molar-refractivity contribution in [2.75, 3.05) is 78.5 Å². The van der Waals surface area contributed by atoms with E-state index in [1.165, 1.54) is 71.9 Å². The number of phenolic OH excluding ortho intramolecular Hbond substituents is 2. The lowest BCUT2D eigenvalue weighted by Crippen LogP contribution is -2.41. The van der Waals surface area contributed by atoms with Crippen molar-refractivity contribution in [2.45, 2.75) is 146 Å². The number of carbonyl (C=O) groups excluding carboxylic acids is 3. The molecule has 3 spiro atoms. The highest BCUT2D eigenvalue weighted by Gasteiger charge is 2.43. The summed E-state index contributed by atoms with van der Waals surface area (Å²) in [5.41, 5.74) is 14.8. The van der Waals surface area contributed by atoms with Gasteiger partial charge in [0.1, 0.15) is 17.2 Å². The topological polar surface area (TPSA) is 150 Å². The number of fused-ring (bicyclic) bond motifs is 3. The van der Waals surface area contributed by atoms with Gasteiger partial charge in [-0.2, -0.15) is 0 Å². The SMILES string of the molecule is C.C.C.CCN(CC)C(=O)c1ccc(C2=CC3(CCNCC3)Cc3cccc(O)c32)cc1.CCN(CC)C(=O)c1ccc(C2CC3(CCNCC3)Cc3ccccc32)c(O)c1.CCN(CC)C(=O)c1ccc(C2CC3(CCNCC3)Cc3ccccc32)cn1. The Morgan fingerprint density at radius 3 is 1.47 bits per heavy atom. The third-order valence-electron chi connectivity index (χ3n) is 20.2. The van der Waals surface area contributed by atoms with E-state index in [2.05, 4.69) is 87.7 Å². The minimum Gasteiger partial charge on any atom is -0.508 e. The molecule has 6 aromatic rings. The summed E-state index contributed by atoms with van der Waals surface area (Å²) in [5, 5.41) is 32.1. The molecule has 3 aliphatic heterocycles. The smallest absolute Gasteiger partial charge is 0.272 e. The summed E-state index contributed by atoms with van der Waals surface area (Å²) >= 11 is 0. The third-order valence-corrected chi connectivity index (χ3v) is 20.2. The van der Waals surface area contributed by atoms with E-state index in [1.54, 1.807) is 17.0 Å². The van der Waals surface area contributed by atoms with Gasteiger partial charge in [0.2, 0.25) is 0 Å². The molecule has 5 aromatic carbocycles. The van der Waals surface area contributed by atoms with Crippen molar-refractivity contribution in [1.82, 2.24) is 35.6 Å². The number of rotatable bonds is 12. The normalized spacial score (nSPS) is 18.8. The molecule has 12 nitrogen and oxygen atoms in total. The molecule has 0 saturated carbocycles. The lowest BCUT2D eigenvalue weighted by Gasteiger charge is -2.45. The quantitative estimate of drug-likeness (QED) is 0.0807. The molecule has 3 saturated heterocycles. The first kappa shape index (κ1) is 69.4. The summed E-state index contributed by atoms with van der Waals surface area (Å²) in [6.45, 7) is 22.6. The van der Waals surface area contributed by atoms with Crippen LogP contribution in [0.2, 0.25) is 0 Å². The summed E-state index contributed by atoms with van der Waals surface area (Å²) in [5.74, 6) is 1.20. The number of aromatic nitrogens is 1. The van der Waals surface area contributed by atoms with Crippen LogP contribution in [0.15, 0.2) is 134 Å². The number of nitrogens with zero attached hydrogens (tertiary/aromatic N) is 4. The van der Waals surface area contributed by atoms with Crippen LogP contribution in [0.25, 0.3) is 5.57 Å². The Balaban J connectivity index is 0.000000187. The number of allylic oxidation sites excluding steroid dienone is 1. The van der Waals surface area contributed by atoms with Crippen LogP contribution in [0.5, 0.6) is 11.5 Å². The number of hydrogen-bond donors (Lipinski definition) is 5. The van der Waals surface area contributed by atoms with E-state index in [-0.39, 0.29) is 57.1 Å². The molecule has 3 amide bonds. The fraction of sp³-hybridized carbons (Fsp3) is 0.481. The van der Waals surface area contributed by atoms with Gasteiger partial charge >= 0.3 is 0 Å². The first-order valence-electron chi connectivity index (χ1n) is 32.4. The Morgan fingerprint density at radius 1 is 0.483 bits per heavy atom. The van der Waals surface area contributed by atoms with Gasteiger partial charge in [-0.3, -0.25) is 19.4 Å².